The first kappa shape index (κ1) is 23.4. The fraction of sp³-hybridized carbons (Fsp3) is 0.160. The molecule has 1 aliphatic carbocycles. The van der Waals surface area contributed by atoms with Crippen molar-refractivity contribution in [2.45, 2.75) is 24.9 Å². The first-order chi connectivity index (χ1) is 17.4. The molecule has 1 saturated carbocycles. The molecule has 2 aromatic heterocycles. The Morgan fingerprint density at radius 1 is 1.00 bits per heavy atom. The number of halogens is 3. The van der Waals surface area contributed by atoms with Gasteiger partial charge in [0.25, 0.3) is 0 Å². The minimum atomic E-state index is -1.19. The van der Waals surface area contributed by atoms with Crippen molar-refractivity contribution < 1.29 is 13.2 Å². The molecule has 2 heterocycles. The van der Waals surface area contributed by atoms with Gasteiger partial charge in [-0.1, -0.05) is 12.1 Å². The van der Waals surface area contributed by atoms with Crippen molar-refractivity contribution in [3.05, 3.63) is 96.1 Å². The first-order valence-corrected chi connectivity index (χ1v) is 11.2. The van der Waals surface area contributed by atoms with Crippen LogP contribution in [-0.4, -0.2) is 26.0 Å². The second-order valence-corrected chi connectivity index (χ2v) is 8.51. The number of benzene rings is 2. The molecule has 0 amide bonds. The van der Waals surface area contributed by atoms with Crippen LogP contribution in [0.3, 0.4) is 0 Å². The van der Waals surface area contributed by atoms with E-state index < -0.39 is 17.8 Å². The number of nitrogens with zero attached hydrogens (tertiary/aromatic N) is 4. The summed E-state index contributed by atoms with van der Waals surface area (Å²) < 4.78 is 40.4. The van der Waals surface area contributed by atoms with Crippen LogP contribution in [0, 0.1) is 17.6 Å². The number of nitrogens with one attached hydrogen (secondary N) is 2. The van der Waals surface area contributed by atoms with Gasteiger partial charge in [0, 0.05) is 29.4 Å². The fourth-order valence-corrected chi connectivity index (χ4v) is 3.78. The highest BCUT2D eigenvalue weighted by molar-refractivity contribution is 5.93. The highest BCUT2D eigenvalue weighted by Gasteiger charge is 2.26. The molecule has 11 heteroatoms. The number of hydrogen-bond donors (Lipinski definition) is 4. The number of rotatable bonds is 8. The Morgan fingerprint density at radius 3 is 2.50 bits per heavy atom. The van der Waals surface area contributed by atoms with Crippen molar-refractivity contribution in [2.75, 3.05) is 10.6 Å². The van der Waals surface area contributed by atoms with Crippen LogP contribution in [0.25, 0.3) is 10.9 Å². The van der Waals surface area contributed by atoms with E-state index in [1.165, 1.54) is 24.7 Å². The van der Waals surface area contributed by atoms with Crippen LogP contribution in [0.1, 0.15) is 24.4 Å². The van der Waals surface area contributed by atoms with E-state index in [4.69, 9.17) is 11.6 Å². The second kappa shape index (κ2) is 9.70. The standard InChI is InChI=1S/C25H23F3N8/c26-15-3-1-14(2-4-15)23(21(29)12-36(30)18-6-7-18)34-16-5-8-22-19(9-16)25(33-13-32-22)35-17-10-20(27)24(28)31-11-17/h1-5,8-13,18,23,34H,6-7,29-30H2,(H,32,33,35)/b21-12-. The predicted octanol–water partition coefficient (Wildman–Crippen LogP) is 4.48. The molecule has 1 aliphatic rings. The summed E-state index contributed by atoms with van der Waals surface area (Å²) in [5, 5.41) is 8.54. The lowest BCUT2D eigenvalue weighted by Gasteiger charge is -2.23. The molecule has 2 aromatic carbocycles. The van der Waals surface area contributed by atoms with E-state index in [0.29, 0.717) is 28.1 Å². The summed E-state index contributed by atoms with van der Waals surface area (Å²) >= 11 is 0. The monoisotopic (exact) mass is 492 g/mol. The van der Waals surface area contributed by atoms with Gasteiger partial charge < -0.3 is 21.4 Å². The number of hydrogen-bond acceptors (Lipinski definition) is 8. The molecule has 6 N–H and O–H groups in total. The summed E-state index contributed by atoms with van der Waals surface area (Å²) in [6.07, 6.45) is 6.22. The molecule has 1 fully saturated rings. The van der Waals surface area contributed by atoms with Gasteiger partial charge >= 0.3 is 0 Å². The molecular formula is C25H23F3N8. The smallest absolute Gasteiger partial charge is 0.249 e. The molecule has 1 atom stereocenters. The number of anilines is 3. The van der Waals surface area contributed by atoms with Crippen LogP contribution in [0.2, 0.25) is 0 Å². The number of nitrogens with two attached hydrogens (primary N) is 2. The number of aromatic nitrogens is 3. The van der Waals surface area contributed by atoms with Crippen LogP contribution in [-0.2, 0) is 0 Å². The molecule has 0 bridgehead atoms. The molecule has 8 nitrogen and oxygen atoms in total. The fourth-order valence-electron chi connectivity index (χ4n) is 3.78. The molecule has 36 heavy (non-hydrogen) atoms. The van der Waals surface area contributed by atoms with Crippen LogP contribution in [0.15, 0.2) is 73.0 Å². The third-order valence-corrected chi connectivity index (χ3v) is 5.81. The summed E-state index contributed by atoms with van der Waals surface area (Å²) in [5.41, 5.74) is 9.16. The van der Waals surface area contributed by atoms with Crippen molar-refractivity contribution in [3.8, 4) is 0 Å². The van der Waals surface area contributed by atoms with Gasteiger partial charge in [0.2, 0.25) is 5.95 Å². The Balaban J connectivity index is 1.48. The van der Waals surface area contributed by atoms with Crippen LogP contribution < -0.4 is 22.2 Å². The van der Waals surface area contributed by atoms with Crippen LogP contribution in [0.5, 0.6) is 0 Å². The van der Waals surface area contributed by atoms with Crippen molar-refractivity contribution in [2.24, 2.45) is 11.6 Å². The SMILES string of the molecule is N/C(=C\N(N)C1CC1)C(Nc1ccc2ncnc(Nc3cnc(F)c(F)c3)c2c1)c1ccc(F)cc1. The van der Waals surface area contributed by atoms with Gasteiger partial charge in [-0.15, -0.1) is 0 Å². The molecule has 1 unspecified atom stereocenters. The van der Waals surface area contributed by atoms with E-state index in [-0.39, 0.29) is 17.5 Å². The Labute approximate surface area is 204 Å². The molecule has 0 radical (unpaired) electrons. The number of fused-ring (bicyclic) bond motifs is 1. The molecular weight excluding hydrogens is 469 g/mol. The highest BCUT2D eigenvalue weighted by atomic mass is 19.2. The molecule has 184 valence electrons. The van der Waals surface area contributed by atoms with Gasteiger partial charge in [-0.25, -0.2) is 29.6 Å². The van der Waals surface area contributed by atoms with Crippen molar-refractivity contribution >= 4 is 28.1 Å². The topological polar surface area (TPSA) is 118 Å². The lowest BCUT2D eigenvalue weighted by Crippen LogP contribution is -2.30. The minimum absolute atomic E-state index is 0.228. The zero-order valence-electron chi connectivity index (χ0n) is 19.0. The van der Waals surface area contributed by atoms with E-state index in [1.807, 2.05) is 6.07 Å². The Morgan fingerprint density at radius 2 is 1.78 bits per heavy atom. The summed E-state index contributed by atoms with van der Waals surface area (Å²) in [6, 6.07) is 12.2. The molecule has 0 saturated heterocycles. The third-order valence-electron chi connectivity index (χ3n) is 5.81. The van der Waals surface area contributed by atoms with E-state index in [0.717, 1.165) is 24.5 Å². The van der Waals surface area contributed by atoms with Crippen molar-refractivity contribution in [3.63, 3.8) is 0 Å². The number of pyridine rings is 1. The van der Waals surface area contributed by atoms with Gasteiger partial charge in [-0.2, -0.15) is 4.39 Å². The van der Waals surface area contributed by atoms with Gasteiger partial charge in [-0.05, 0) is 48.7 Å². The lowest BCUT2D eigenvalue weighted by molar-refractivity contribution is 0.378. The summed E-state index contributed by atoms with van der Waals surface area (Å²) in [6.45, 7) is 0. The predicted molar refractivity (Wildman–Crippen MR) is 131 cm³/mol. The summed E-state index contributed by atoms with van der Waals surface area (Å²) in [5.74, 6) is 3.86. The average Bonchev–Trinajstić information content (AvgIpc) is 3.71. The third kappa shape index (κ3) is 5.15. The average molecular weight is 493 g/mol. The Kier molecular flexibility index (Phi) is 6.30. The summed E-state index contributed by atoms with van der Waals surface area (Å²) in [7, 11) is 0. The maximum Gasteiger partial charge on any atom is 0.249 e. The van der Waals surface area contributed by atoms with E-state index >= 15 is 0 Å². The quantitative estimate of drug-likeness (QED) is 0.162. The minimum Gasteiger partial charge on any atom is -0.399 e. The van der Waals surface area contributed by atoms with Crippen LogP contribution >= 0.6 is 0 Å². The Bertz CT molecular complexity index is 1420. The van der Waals surface area contributed by atoms with E-state index in [9.17, 15) is 13.2 Å². The number of hydrazine groups is 1. The molecule has 0 spiro atoms. The zero-order valence-corrected chi connectivity index (χ0v) is 19.0. The molecule has 0 aliphatic heterocycles. The van der Waals surface area contributed by atoms with Gasteiger partial charge in [0.15, 0.2) is 5.82 Å². The normalized spacial score (nSPS) is 14.5. The molecule has 4 aromatic rings. The van der Waals surface area contributed by atoms with Crippen molar-refractivity contribution in [1.82, 2.24) is 20.0 Å². The van der Waals surface area contributed by atoms with E-state index in [2.05, 4.69) is 25.6 Å². The largest absolute Gasteiger partial charge is 0.399 e. The maximum atomic E-state index is 13.6. The van der Waals surface area contributed by atoms with E-state index in [1.54, 1.807) is 35.5 Å². The van der Waals surface area contributed by atoms with Crippen molar-refractivity contribution in [1.29, 1.82) is 0 Å². The summed E-state index contributed by atoms with van der Waals surface area (Å²) in [4.78, 5) is 11.9. The van der Waals surface area contributed by atoms with Gasteiger partial charge in [0.1, 0.15) is 18.0 Å². The van der Waals surface area contributed by atoms with Gasteiger partial charge in [-0.3, -0.25) is 0 Å². The highest BCUT2D eigenvalue weighted by Crippen LogP contribution is 2.31. The zero-order chi connectivity index (χ0) is 25.2. The second-order valence-electron chi connectivity index (χ2n) is 8.51. The maximum absolute atomic E-state index is 13.6. The molecule has 5 rings (SSSR count). The first-order valence-electron chi connectivity index (χ1n) is 11.2. The Hall–Kier alpha value is -4.38. The van der Waals surface area contributed by atoms with Crippen LogP contribution in [0.4, 0.5) is 30.4 Å². The lowest BCUT2D eigenvalue weighted by atomic mass is 10.0. The van der Waals surface area contributed by atoms with Gasteiger partial charge in [0.05, 0.1) is 29.1 Å².